The van der Waals surface area contributed by atoms with E-state index in [1.165, 1.54) is 5.56 Å². The Hall–Kier alpha value is -2.33. The molecule has 2 amide bonds. The molecule has 29 heavy (non-hydrogen) atoms. The van der Waals surface area contributed by atoms with Gasteiger partial charge in [0.25, 0.3) is 0 Å². The van der Waals surface area contributed by atoms with Crippen LogP contribution in [0.3, 0.4) is 0 Å². The average Bonchev–Trinajstić information content (AvgIpc) is 2.72. The number of amides is 2. The molecular weight excluding hydrogens is 384 g/mol. The molecule has 0 bridgehead atoms. The first-order valence-electron chi connectivity index (χ1n) is 10.2. The number of carbonyl (C=O) groups is 2. The minimum Gasteiger partial charge on any atom is -0.352 e. The van der Waals surface area contributed by atoms with Crippen LogP contribution >= 0.6 is 11.6 Å². The maximum atomic E-state index is 13.1. The van der Waals surface area contributed by atoms with Crippen molar-refractivity contribution in [3.8, 4) is 0 Å². The summed E-state index contributed by atoms with van der Waals surface area (Å²) in [4.78, 5) is 27.4. The van der Waals surface area contributed by atoms with Gasteiger partial charge in [-0.1, -0.05) is 60.5 Å². The number of hydrogen-bond donors (Lipinski definition) is 1. The number of aryl methyl sites for hydroxylation is 2. The van der Waals surface area contributed by atoms with E-state index >= 15 is 0 Å². The van der Waals surface area contributed by atoms with E-state index in [1.54, 1.807) is 24.0 Å². The molecule has 2 aromatic rings. The van der Waals surface area contributed by atoms with Gasteiger partial charge in [-0.15, -0.1) is 0 Å². The van der Waals surface area contributed by atoms with Crippen LogP contribution in [0.1, 0.15) is 50.3 Å². The van der Waals surface area contributed by atoms with Gasteiger partial charge in [-0.25, -0.2) is 0 Å². The Balaban J connectivity index is 2.13. The minimum absolute atomic E-state index is 0.0349. The maximum Gasteiger partial charge on any atom is 0.242 e. The van der Waals surface area contributed by atoms with Gasteiger partial charge in [0.05, 0.1) is 0 Å². The second kappa shape index (κ2) is 11.0. The number of halogens is 1. The van der Waals surface area contributed by atoms with Crippen LogP contribution in [0.2, 0.25) is 5.02 Å². The molecule has 0 saturated heterocycles. The van der Waals surface area contributed by atoms with Crippen LogP contribution in [0.4, 0.5) is 0 Å². The summed E-state index contributed by atoms with van der Waals surface area (Å²) in [6, 6.07) is 15.1. The number of nitrogens with one attached hydrogen (secondary N) is 1. The number of benzene rings is 2. The van der Waals surface area contributed by atoms with E-state index in [2.05, 4.69) is 5.32 Å². The molecule has 2 rings (SSSR count). The maximum absolute atomic E-state index is 13.1. The fourth-order valence-corrected chi connectivity index (χ4v) is 3.11. The van der Waals surface area contributed by atoms with Gasteiger partial charge in [0.2, 0.25) is 11.8 Å². The molecule has 1 N–H and O–H groups in total. The Kier molecular flexibility index (Phi) is 8.71. The summed E-state index contributed by atoms with van der Waals surface area (Å²) in [5.74, 6) is -0.163. The summed E-state index contributed by atoms with van der Waals surface area (Å²) < 4.78 is 0. The quantitative estimate of drug-likeness (QED) is 0.633. The molecule has 0 radical (unpaired) electrons. The van der Waals surface area contributed by atoms with Crippen LogP contribution in [0.5, 0.6) is 0 Å². The SMILES string of the molecule is CC[C@H](C)NC(=O)[C@@H](C)N(Cc1ccc(Cl)cc1)C(=O)CCc1ccc(C)cc1. The predicted octanol–water partition coefficient (Wildman–Crippen LogP) is 4.91. The lowest BCUT2D eigenvalue weighted by molar-refractivity contribution is -0.140. The van der Waals surface area contributed by atoms with Crippen molar-refractivity contribution in [3.05, 3.63) is 70.2 Å². The molecule has 156 valence electrons. The van der Waals surface area contributed by atoms with Crippen molar-refractivity contribution in [3.63, 3.8) is 0 Å². The number of carbonyl (C=O) groups excluding carboxylic acids is 2. The molecule has 0 fully saturated rings. The lowest BCUT2D eigenvalue weighted by Crippen LogP contribution is -2.49. The van der Waals surface area contributed by atoms with Crippen LogP contribution in [-0.4, -0.2) is 28.8 Å². The molecule has 5 heteroatoms. The van der Waals surface area contributed by atoms with Crippen molar-refractivity contribution in [2.75, 3.05) is 0 Å². The second-order valence-electron chi connectivity index (χ2n) is 7.63. The van der Waals surface area contributed by atoms with Crippen molar-refractivity contribution in [2.45, 2.75) is 65.6 Å². The van der Waals surface area contributed by atoms with Crippen molar-refractivity contribution < 1.29 is 9.59 Å². The normalized spacial score (nSPS) is 12.9. The predicted molar refractivity (Wildman–Crippen MR) is 119 cm³/mol. The molecule has 0 aromatic heterocycles. The molecule has 0 unspecified atom stereocenters. The van der Waals surface area contributed by atoms with Crippen molar-refractivity contribution in [1.82, 2.24) is 10.2 Å². The highest BCUT2D eigenvalue weighted by molar-refractivity contribution is 6.30. The van der Waals surface area contributed by atoms with E-state index in [9.17, 15) is 9.59 Å². The van der Waals surface area contributed by atoms with Gasteiger partial charge in [0.1, 0.15) is 6.04 Å². The summed E-state index contributed by atoms with van der Waals surface area (Å²) in [6.45, 7) is 8.19. The third-order valence-corrected chi connectivity index (χ3v) is 5.43. The largest absolute Gasteiger partial charge is 0.352 e. The minimum atomic E-state index is -0.551. The average molecular weight is 415 g/mol. The molecular formula is C24H31ClN2O2. The summed E-state index contributed by atoms with van der Waals surface area (Å²) in [7, 11) is 0. The lowest BCUT2D eigenvalue weighted by Gasteiger charge is -2.30. The standard InChI is InChI=1S/C24H31ClN2O2/c1-5-18(3)26-24(29)19(4)27(16-21-10-13-22(25)14-11-21)23(28)15-12-20-8-6-17(2)7-9-20/h6-11,13-14,18-19H,5,12,15-16H2,1-4H3,(H,26,29)/t18-,19+/m0/s1. The van der Waals surface area contributed by atoms with Gasteiger partial charge >= 0.3 is 0 Å². The smallest absolute Gasteiger partial charge is 0.242 e. The number of nitrogens with zero attached hydrogens (tertiary/aromatic N) is 1. The Morgan fingerprint density at radius 3 is 2.17 bits per heavy atom. The van der Waals surface area contributed by atoms with Gasteiger partial charge in [-0.05, 0) is 56.9 Å². The van der Waals surface area contributed by atoms with Crippen LogP contribution < -0.4 is 5.32 Å². The molecule has 0 aliphatic rings. The third-order valence-electron chi connectivity index (χ3n) is 5.18. The van der Waals surface area contributed by atoms with Gasteiger partial charge in [0.15, 0.2) is 0 Å². The lowest BCUT2D eigenvalue weighted by atomic mass is 10.1. The molecule has 0 spiro atoms. The highest BCUT2D eigenvalue weighted by Crippen LogP contribution is 2.16. The molecule has 0 aliphatic carbocycles. The Bertz CT molecular complexity index is 803. The van der Waals surface area contributed by atoms with E-state index in [0.29, 0.717) is 24.4 Å². The fraction of sp³-hybridized carbons (Fsp3) is 0.417. The third kappa shape index (κ3) is 7.21. The Labute approximate surface area is 179 Å². The summed E-state index contributed by atoms with van der Waals surface area (Å²) in [5, 5.41) is 3.63. The monoisotopic (exact) mass is 414 g/mol. The second-order valence-corrected chi connectivity index (χ2v) is 8.06. The van der Waals surface area contributed by atoms with Crippen LogP contribution in [0.25, 0.3) is 0 Å². The summed E-state index contributed by atoms with van der Waals surface area (Å²) in [6.07, 6.45) is 1.85. The topological polar surface area (TPSA) is 49.4 Å². The first-order valence-corrected chi connectivity index (χ1v) is 10.6. The molecule has 0 heterocycles. The van der Waals surface area contributed by atoms with Crippen molar-refractivity contribution >= 4 is 23.4 Å². The number of hydrogen-bond acceptors (Lipinski definition) is 2. The highest BCUT2D eigenvalue weighted by Gasteiger charge is 2.26. The van der Waals surface area contributed by atoms with E-state index < -0.39 is 6.04 Å². The zero-order chi connectivity index (χ0) is 21.4. The summed E-state index contributed by atoms with van der Waals surface area (Å²) in [5.41, 5.74) is 3.26. The van der Waals surface area contributed by atoms with Gasteiger partial charge in [-0.2, -0.15) is 0 Å². The molecule has 0 aliphatic heterocycles. The van der Waals surface area contributed by atoms with Gasteiger partial charge in [0, 0.05) is 24.0 Å². The van der Waals surface area contributed by atoms with Gasteiger partial charge in [-0.3, -0.25) is 9.59 Å². The highest BCUT2D eigenvalue weighted by atomic mass is 35.5. The van der Waals surface area contributed by atoms with Crippen LogP contribution in [0, 0.1) is 6.92 Å². The zero-order valence-corrected chi connectivity index (χ0v) is 18.5. The van der Waals surface area contributed by atoms with Gasteiger partial charge < -0.3 is 10.2 Å². The molecule has 2 aromatic carbocycles. The Morgan fingerprint density at radius 2 is 1.59 bits per heavy atom. The number of rotatable bonds is 9. The van der Waals surface area contributed by atoms with E-state index in [4.69, 9.17) is 11.6 Å². The summed E-state index contributed by atoms with van der Waals surface area (Å²) >= 11 is 5.98. The van der Waals surface area contributed by atoms with E-state index in [0.717, 1.165) is 17.5 Å². The molecule has 2 atom stereocenters. The van der Waals surface area contributed by atoms with Crippen LogP contribution in [0.15, 0.2) is 48.5 Å². The first-order chi connectivity index (χ1) is 13.8. The van der Waals surface area contributed by atoms with Crippen molar-refractivity contribution in [2.24, 2.45) is 0 Å². The van der Waals surface area contributed by atoms with E-state index in [-0.39, 0.29) is 17.9 Å². The van der Waals surface area contributed by atoms with Crippen molar-refractivity contribution in [1.29, 1.82) is 0 Å². The van der Waals surface area contributed by atoms with E-state index in [1.807, 2.05) is 57.2 Å². The van der Waals surface area contributed by atoms with Crippen LogP contribution in [-0.2, 0) is 22.6 Å². The first kappa shape index (κ1) is 23.0. The zero-order valence-electron chi connectivity index (χ0n) is 17.7. The molecule has 0 saturated carbocycles. The fourth-order valence-electron chi connectivity index (χ4n) is 2.98. The molecule has 4 nitrogen and oxygen atoms in total. The Morgan fingerprint density at radius 1 is 1.00 bits per heavy atom.